The van der Waals surface area contributed by atoms with Crippen molar-refractivity contribution in [3.63, 3.8) is 0 Å². The van der Waals surface area contributed by atoms with Crippen LogP contribution in [0.15, 0.2) is 46.2 Å². The fraction of sp³-hybridized carbons (Fsp3) is 0.333. The molecule has 3 rings (SSSR count). The van der Waals surface area contributed by atoms with E-state index in [1.165, 1.54) is 0 Å². The summed E-state index contributed by atoms with van der Waals surface area (Å²) in [6.45, 7) is 7.88. The molecule has 23 heavy (non-hydrogen) atoms. The van der Waals surface area contributed by atoms with E-state index in [2.05, 4.69) is 12.1 Å². The van der Waals surface area contributed by atoms with Gasteiger partial charge in [-0.25, -0.2) is 0 Å². The standard InChI is InChI=1S/C18H20O2S3/c1-11(2)22(19)15-9-5-7-13-17(15)18-14(21-13)8-6-10-16(18)23(20)12(3)4/h5-12H,1-4H3. The van der Waals surface area contributed by atoms with Gasteiger partial charge in [0, 0.05) is 40.5 Å². The maximum Gasteiger partial charge on any atom is 0.0562 e. The van der Waals surface area contributed by atoms with Crippen LogP contribution in [0.2, 0.25) is 0 Å². The smallest absolute Gasteiger partial charge is 0.0562 e. The summed E-state index contributed by atoms with van der Waals surface area (Å²) in [6.07, 6.45) is 0. The average molecular weight is 365 g/mol. The predicted octanol–water partition coefficient (Wildman–Crippen LogP) is 5.09. The Morgan fingerprint density at radius 1 is 0.739 bits per heavy atom. The summed E-state index contributed by atoms with van der Waals surface area (Å²) < 4.78 is 27.7. The third-order valence-corrected chi connectivity index (χ3v) is 8.12. The van der Waals surface area contributed by atoms with E-state index in [1.54, 1.807) is 11.3 Å². The molecule has 0 aliphatic carbocycles. The van der Waals surface area contributed by atoms with Gasteiger partial charge in [-0.1, -0.05) is 39.8 Å². The van der Waals surface area contributed by atoms with Crippen molar-refractivity contribution >= 4 is 53.1 Å². The molecule has 1 heterocycles. The van der Waals surface area contributed by atoms with Gasteiger partial charge in [-0.05, 0) is 24.3 Å². The first kappa shape index (κ1) is 16.8. The Morgan fingerprint density at radius 3 is 1.48 bits per heavy atom. The number of hydrogen-bond acceptors (Lipinski definition) is 3. The van der Waals surface area contributed by atoms with Gasteiger partial charge in [0.05, 0.1) is 21.6 Å². The Hall–Kier alpha value is -1.04. The molecule has 0 N–H and O–H groups in total. The summed E-state index contributed by atoms with van der Waals surface area (Å²) in [5.74, 6) is 0. The minimum absolute atomic E-state index is 0.0540. The molecule has 2 nitrogen and oxygen atoms in total. The maximum absolute atomic E-state index is 12.8. The zero-order valence-corrected chi connectivity index (χ0v) is 16.1. The minimum Gasteiger partial charge on any atom is -0.254 e. The van der Waals surface area contributed by atoms with Crippen molar-refractivity contribution in [2.24, 2.45) is 0 Å². The second-order valence-corrected chi connectivity index (χ2v) is 11.1. The first-order chi connectivity index (χ1) is 10.9. The summed E-state index contributed by atoms with van der Waals surface area (Å²) >= 11 is 1.68. The summed E-state index contributed by atoms with van der Waals surface area (Å²) in [6, 6.07) is 11.9. The van der Waals surface area contributed by atoms with Crippen LogP contribution in [-0.2, 0) is 21.6 Å². The van der Waals surface area contributed by atoms with Gasteiger partial charge < -0.3 is 0 Å². The molecule has 122 valence electrons. The minimum atomic E-state index is -1.07. The van der Waals surface area contributed by atoms with E-state index in [1.807, 2.05) is 52.0 Å². The molecular weight excluding hydrogens is 344 g/mol. The third kappa shape index (κ3) is 2.90. The zero-order valence-electron chi connectivity index (χ0n) is 13.7. The second-order valence-electron chi connectivity index (χ2n) is 6.05. The van der Waals surface area contributed by atoms with Crippen LogP contribution in [0.4, 0.5) is 0 Å². The lowest BCUT2D eigenvalue weighted by Crippen LogP contribution is -2.07. The molecule has 0 saturated carbocycles. The van der Waals surface area contributed by atoms with Gasteiger partial charge in [0.15, 0.2) is 0 Å². The van der Waals surface area contributed by atoms with Crippen LogP contribution in [0, 0.1) is 0 Å². The summed E-state index contributed by atoms with van der Waals surface area (Å²) in [7, 11) is -2.14. The number of hydrogen-bond donors (Lipinski definition) is 0. The summed E-state index contributed by atoms with van der Waals surface area (Å²) in [5.41, 5.74) is 0. The van der Waals surface area contributed by atoms with E-state index >= 15 is 0 Å². The van der Waals surface area contributed by atoms with E-state index in [0.29, 0.717) is 0 Å². The first-order valence-electron chi connectivity index (χ1n) is 7.67. The molecule has 0 aliphatic rings. The van der Waals surface area contributed by atoms with E-state index in [9.17, 15) is 8.42 Å². The monoisotopic (exact) mass is 364 g/mol. The van der Waals surface area contributed by atoms with Gasteiger partial charge >= 0.3 is 0 Å². The molecule has 1 aromatic heterocycles. The Morgan fingerprint density at radius 2 is 1.13 bits per heavy atom. The van der Waals surface area contributed by atoms with E-state index in [4.69, 9.17) is 0 Å². The Kier molecular flexibility index (Phi) is 4.72. The largest absolute Gasteiger partial charge is 0.254 e. The number of fused-ring (bicyclic) bond motifs is 3. The van der Waals surface area contributed by atoms with Gasteiger partial charge in [0.1, 0.15) is 0 Å². The van der Waals surface area contributed by atoms with Crippen LogP contribution in [0.1, 0.15) is 27.7 Å². The number of benzene rings is 2. The lowest BCUT2D eigenvalue weighted by molar-refractivity contribution is 0.676. The molecule has 0 saturated heterocycles. The summed E-state index contributed by atoms with van der Waals surface area (Å²) in [4.78, 5) is 1.72. The van der Waals surface area contributed by atoms with Crippen molar-refractivity contribution in [3.05, 3.63) is 36.4 Å². The Labute approximate surface area is 145 Å². The first-order valence-corrected chi connectivity index (χ1v) is 10.9. The van der Waals surface area contributed by atoms with Crippen molar-refractivity contribution in [2.75, 3.05) is 0 Å². The molecule has 0 aliphatic heterocycles. The Balaban J connectivity index is 2.43. The third-order valence-electron chi connectivity index (χ3n) is 3.74. The normalized spacial score (nSPS) is 14.9. The summed E-state index contributed by atoms with van der Waals surface area (Å²) in [5, 5.41) is 2.14. The van der Waals surface area contributed by atoms with E-state index in [0.717, 1.165) is 30.0 Å². The number of rotatable bonds is 4. The average Bonchev–Trinajstić information content (AvgIpc) is 2.91. The van der Waals surface area contributed by atoms with Gasteiger partial charge in [0.25, 0.3) is 0 Å². The molecule has 3 aromatic rings. The highest BCUT2D eigenvalue weighted by Gasteiger charge is 2.20. The van der Waals surface area contributed by atoms with Gasteiger partial charge in [-0.3, -0.25) is 8.42 Å². The topological polar surface area (TPSA) is 34.1 Å². The van der Waals surface area contributed by atoms with Crippen molar-refractivity contribution in [1.82, 2.24) is 0 Å². The van der Waals surface area contributed by atoms with Crippen LogP contribution < -0.4 is 0 Å². The molecule has 2 unspecified atom stereocenters. The zero-order chi connectivity index (χ0) is 16.7. The van der Waals surface area contributed by atoms with Gasteiger partial charge in [-0.2, -0.15) is 0 Å². The van der Waals surface area contributed by atoms with Gasteiger partial charge in [0.2, 0.25) is 0 Å². The van der Waals surface area contributed by atoms with Crippen molar-refractivity contribution in [2.45, 2.75) is 48.0 Å². The van der Waals surface area contributed by atoms with Gasteiger partial charge in [-0.15, -0.1) is 11.3 Å². The maximum atomic E-state index is 12.8. The highest BCUT2D eigenvalue weighted by Crippen LogP contribution is 2.40. The van der Waals surface area contributed by atoms with Crippen molar-refractivity contribution in [1.29, 1.82) is 0 Å². The quantitative estimate of drug-likeness (QED) is 0.646. The molecule has 0 spiro atoms. The Bertz CT molecular complexity index is 848. The molecule has 2 aromatic carbocycles. The van der Waals surface area contributed by atoms with Crippen molar-refractivity contribution in [3.8, 4) is 0 Å². The molecule has 0 bridgehead atoms. The van der Waals surface area contributed by atoms with Crippen molar-refractivity contribution < 1.29 is 8.42 Å². The SMILES string of the molecule is CC(C)S(=O)c1cccc2sc3cccc(S(=O)C(C)C)c3c12. The molecule has 2 atom stereocenters. The molecule has 5 heteroatoms. The lowest BCUT2D eigenvalue weighted by Gasteiger charge is -2.10. The van der Waals surface area contributed by atoms with Crippen LogP contribution >= 0.6 is 11.3 Å². The molecule has 0 fully saturated rings. The fourth-order valence-electron chi connectivity index (χ4n) is 2.65. The fourth-order valence-corrected chi connectivity index (χ4v) is 6.20. The second kappa shape index (κ2) is 6.46. The molecular formula is C18H20O2S3. The van der Waals surface area contributed by atoms with Crippen LogP contribution in [0.25, 0.3) is 20.2 Å². The molecule has 0 radical (unpaired) electrons. The highest BCUT2D eigenvalue weighted by atomic mass is 32.2. The lowest BCUT2D eigenvalue weighted by atomic mass is 10.1. The number of thiophene rings is 1. The van der Waals surface area contributed by atoms with Crippen LogP contribution in [-0.4, -0.2) is 18.9 Å². The molecule has 0 amide bonds. The van der Waals surface area contributed by atoms with Crippen LogP contribution in [0.3, 0.4) is 0 Å². The predicted molar refractivity (Wildman–Crippen MR) is 102 cm³/mol. The van der Waals surface area contributed by atoms with Crippen LogP contribution in [0.5, 0.6) is 0 Å². The highest BCUT2D eigenvalue weighted by molar-refractivity contribution is 7.86. The van der Waals surface area contributed by atoms with E-state index in [-0.39, 0.29) is 10.5 Å². The van der Waals surface area contributed by atoms with E-state index < -0.39 is 21.6 Å².